The molecule has 5 nitrogen and oxygen atoms in total. The summed E-state index contributed by atoms with van der Waals surface area (Å²) in [5.41, 5.74) is 0. The number of likely N-dealkylation sites (tertiary alicyclic amines) is 1. The Morgan fingerprint density at radius 1 is 1.30 bits per heavy atom. The second-order valence-corrected chi connectivity index (χ2v) is 5.62. The van der Waals surface area contributed by atoms with Crippen LogP contribution in [-0.2, 0) is 14.4 Å². The van der Waals surface area contributed by atoms with Crippen LogP contribution in [0.1, 0.15) is 26.7 Å². The molecule has 3 amide bonds. The van der Waals surface area contributed by atoms with E-state index in [4.69, 9.17) is 11.6 Å². The van der Waals surface area contributed by atoms with Crippen LogP contribution in [0.5, 0.6) is 0 Å². The maximum absolute atomic E-state index is 12.3. The summed E-state index contributed by atoms with van der Waals surface area (Å²) in [7, 11) is 0. The Bertz CT molecular complexity index is 471. The molecule has 0 unspecified atom stereocenters. The van der Waals surface area contributed by atoms with Gasteiger partial charge in [-0.15, -0.1) is 0 Å². The van der Waals surface area contributed by atoms with Gasteiger partial charge >= 0.3 is 0 Å². The molecule has 2 atom stereocenters. The van der Waals surface area contributed by atoms with E-state index in [2.05, 4.69) is 0 Å². The van der Waals surface area contributed by atoms with E-state index in [1.807, 2.05) is 13.8 Å². The third-order valence-electron chi connectivity index (χ3n) is 4.07. The van der Waals surface area contributed by atoms with Crippen molar-refractivity contribution in [3.8, 4) is 0 Å². The normalized spacial score (nSPS) is 25.6. The molecule has 6 heteroatoms. The molecular formula is C14H19ClN2O3. The molecule has 0 radical (unpaired) electrons. The van der Waals surface area contributed by atoms with Crippen molar-refractivity contribution in [1.29, 1.82) is 0 Å². The first kappa shape index (κ1) is 15.0. The average Bonchev–Trinajstić information content (AvgIpc) is 2.65. The summed E-state index contributed by atoms with van der Waals surface area (Å²) < 4.78 is 0. The lowest BCUT2D eigenvalue weighted by molar-refractivity contribution is -0.146. The standard InChI is InChI=1S/C14H19ClN2O3/c1-3-16(4-2)12(18)8-17-13(19)10-6-5-9(15)7-11(10)14(17)20/h5,10-11H,3-4,6-8H2,1-2H3/t10-,11-/m0/s1. The Hall–Kier alpha value is -1.36. The number of hydrogen-bond donors (Lipinski definition) is 0. The summed E-state index contributed by atoms with van der Waals surface area (Å²) in [5.74, 6) is -1.40. The van der Waals surface area contributed by atoms with Crippen molar-refractivity contribution in [2.45, 2.75) is 26.7 Å². The zero-order chi connectivity index (χ0) is 14.9. The highest BCUT2D eigenvalue weighted by Crippen LogP contribution is 2.38. The number of carbonyl (C=O) groups is 3. The van der Waals surface area contributed by atoms with E-state index in [1.54, 1.807) is 11.0 Å². The molecule has 0 saturated carbocycles. The molecule has 2 aliphatic rings. The van der Waals surface area contributed by atoms with Crippen molar-refractivity contribution in [3.63, 3.8) is 0 Å². The monoisotopic (exact) mass is 298 g/mol. The fourth-order valence-electron chi connectivity index (χ4n) is 2.86. The predicted molar refractivity (Wildman–Crippen MR) is 74.8 cm³/mol. The van der Waals surface area contributed by atoms with Gasteiger partial charge in [0.15, 0.2) is 0 Å². The SMILES string of the molecule is CCN(CC)C(=O)CN1C(=O)[C@H]2CC=C(Cl)C[C@@H]2C1=O. The number of fused-ring (bicyclic) bond motifs is 1. The van der Waals surface area contributed by atoms with Gasteiger partial charge in [0.2, 0.25) is 17.7 Å². The lowest BCUT2D eigenvalue weighted by atomic mass is 9.85. The fraction of sp³-hybridized carbons (Fsp3) is 0.643. The van der Waals surface area contributed by atoms with Crippen LogP contribution in [0.15, 0.2) is 11.1 Å². The highest BCUT2D eigenvalue weighted by molar-refractivity contribution is 6.30. The van der Waals surface area contributed by atoms with E-state index in [9.17, 15) is 14.4 Å². The number of carbonyl (C=O) groups excluding carboxylic acids is 3. The maximum atomic E-state index is 12.3. The molecule has 1 heterocycles. The van der Waals surface area contributed by atoms with E-state index in [0.717, 1.165) is 4.90 Å². The molecule has 1 saturated heterocycles. The van der Waals surface area contributed by atoms with Gasteiger partial charge in [0.05, 0.1) is 11.8 Å². The molecule has 20 heavy (non-hydrogen) atoms. The van der Waals surface area contributed by atoms with E-state index in [-0.39, 0.29) is 36.1 Å². The molecule has 0 spiro atoms. The van der Waals surface area contributed by atoms with Crippen LogP contribution < -0.4 is 0 Å². The number of allylic oxidation sites excluding steroid dienone is 2. The molecule has 1 aliphatic heterocycles. The van der Waals surface area contributed by atoms with Crippen molar-refractivity contribution in [1.82, 2.24) is 9.80 Å². The molecule has 110 valence electrons. The van der Waals surface area contributed by atoms with Crippen molar-refractivity contribution < 1.29 is 14.4 Å². The van der Waals surface area contributed by atoms with Crippen molar-refractivity contribution >= 4 is 29.3 Å². The molecule has 0 N–H and O–H groups in total. The minimum Gasteiger partial charge on any atom is -0.342 e. The summed E-state index contributed by atoms with van der Waals surface area (Å²) in [4.78, 5) is 39.3. The summed E-state index contributed by atoms with van der Waals surface area (Å²) in [6.45, 7) is 4.75. The summed E-state index contributed by atoms with van der Waals surface area (Å²) >= 11 is 5.95. The minimum absolute atomic E-state index is 0.149. The van der Waals surface area contributed by atoms with Crippen LogP contribution in [0.4, 0.5) is 0 Å². The van der Waals surface area contributed by atoms with Crippen LogP contribution in [0.2, 0.25) is 0 Å². The lowest BCUT2D eigenvalue weighted by Crippen LogP contribution is -2.43. The van der Waals surface area contributed by atoms with Crippen LogP contribution in [-0.4, -0.2) is 47.2 Å². The average molecular weight is 299 g/mol. The van der Waals surface area contributed by atoms with Crippen LogP contribution in [0.3, 0.4) is 0 Å². The summed E-state index contributed by atoms with van der Waals surface area (Å²) in [6.07, 6.45) is 2.69. The highest BCUT2D eigenvalue weighted by Gasteiger charge is 2.48. The second-order valence-electron chi connectivity index (χ2n) is 5.13. The Kier molecular flexibility index (Phi) is 4.48. The van der Waals surface area contributed by atoms with Gasteiger partial charge in [-0.25, -0.2) is 0 Å². The zero-order valence-electron chi connectivity index (χ0n) is 11.8. The molecule has 1 fully saturated rings. The van der Waals surface area contributed by atoms with E-state index >= 15 is 0 Å². The Balaban J connectivity index is 2.09. The first-order valence-electron chi connectivity index (χ1n) is 6.97. The topological polar surface area (TPSA) is 57.7 Å². The van der Waals surface area contributed by atoms with Gasteiger partial charge in [-0.2, -0.15) is 0 Å². The molecular weight excluding hydrogens is 280 g/mol. The Morgan fingerprint density at radius 2 is 1.90 bits per heavy atom. The van der Waals surface area contributed by atoms with Gasteiger partial charge < -0.3 is 4.90 Å². The van der Waals surface area contributed by atoms with Gasteiger partial charge in [0, 0.05) is 18.1 Å². The Morgan fingerprint density at radius 3 is 2.50 bits per heavy atom. The summed E-state index contributed by atoms with van der Waals surface area (Å²) in [6, 6.07) is 0. The number of nitrogens with zero attached hydrogens (tertiary/aromatic N) is 2. The largest absolute Gasteiger partial charge is 0.342 e. The molecule has 1 aliphatic carbocycles. The second kappa shape index (κ2) is 5.95. The van der Waals surface area contributed by atoms with E-state index in [0.29, 0.717) is 31.0 Å². The van der Waals surface area contributed by atoms with Crippen molar-refractivity contribution in [3.05, 3.63) is 11.1 Å². The smallest absolute Gasteiger partial charge is 0.242 e. The molecule has 0 aromatic rings. The van der Waals surface area contributed by atoms with Gasteiger partial charge in [-0.3, -0.25) is 19.3 Å². The maximum Gasteiger partial charge on any atom is 0.242 e. The van der Waals surface area contributed by atoms with Gasteiger partial charge in [0.25, 0.3) is 0 Å². The third kappa shape index (κ3) is 2.59. The lowest BCUT2D eigenvalue weighted by Gasteiger charge is -2.22. The van der Waals surface area contributed by atoms with Crippen LogP contribution in [0.25, 0.3) is 0 Å². The Labute approximate surface area is 123 Å². The number of likely N-dealkylation sites (N-methyl/N-ethyl adjacent to an activating group) is 1. The van der Waals surface area contributed by atoms with Crippen molar-refractivity contribution in [2.24, 2.45) is 11.8 Å². The first-order chi connectivity index (χ1) is 9.49. The van der Waals surface area contributed by atoms with E-state index < -0.39 is 0 Å². The quantitative estimate of drug-likeness (QED) is 0.737. The van der Waals surface area contributed by atoms with E-state index in [1.165, 1.54) is 0 Å². The summed E-state index contributed by atoms with van der Waals surface area (Å²) in [5, 5.41) is 0.629. The fourth-order valence-corrected chi connectivity index (χ4v) is 3.12. The third-order valence-corrected chi connectivity index (χ3v) is 4.38. The molecule has 0 aromatic carbocycles. The number of amides is 3. The predicted octanol–water partition coefficient (Wildman–Crippen LogP) is 1.37. The zero-order valence-corrected chi connectivity index (χ0v) is 12.5. The molecule has 0 aromatic heterocycles. The number of hydrogen-bond acceptors (Lipinski definition) is 3. The van der Waals surface area contributed by atoms with Gasteiger partial charge in [-0.1, -0.05) is 17.7 Å². The first-order valence-corrected chi connectivity index (χ1v) is 7.34. The van der Waals surface area contributed by atoms with Crippen LogP contribution in [0, 0.1) is 11.8 Å². The van der Waals surface area contributed by atoms with Gasteiger partial charge in [0.1, 0.15) is 6.54 Å². The molecule has 2 rings (SSSR count). The molecule has 0 bridgehead atoms. The van der Waals surface area contributed by atoms with Gasteiger partial charge in [-0.05, 0) is 26.7 Å². The number of imide groups is 1. The number of rotatable bonds is 4. The number of halogens is 1. The minimum atomic E-state index is -0.385. The van der Waals surface area contributed by atoms with Crippen LogP contribution >= 0.6 is 11.6 Å². The van der Waals surface area contributed by atoms with Crippen molar-refractivity contribution in [2.75, 3.05) is 19.6 Å². The highest BCUT2D eigenvalue weighted by atomic mass is 35.5.